The van der Waals surface area contributed by atoms with E-state index >= 15 is 0 Å². The van der Waals surface area contributed by atoms with Crippen molar-refractivity contribution in [3.8, 4) is 5.75 Å². The maximum Gasteiger partial charge on any atom is 0.262 e. The van der Waals surface area contributed by atoms with E-state index in [-0.39, 0.29) is 37.2 Å². The number of likely N-dealkylation sites (N-methyl/N-ethyl adjacent to an activating group) is 1. The highest BCUT2D eigenvalue weighted by Crippen LogP contribution is 2.33. The maximum atomic E-state index is 12.7. The van der Waals surface area contributed by atoms with E-state index in [9.17, 15) is 14.4 Å². The highest BCUT2D eigenvalue weighted by atomic mass is 16.5. The van der Waals surface area contributed by atoms with E-state index in [1.807, 2.05) is 30.3 Å². The molecule has 0 bridgehead atoms. The quantitative estimate of drug-likeness (QED) is 0.732. The lowest BCUT2D eigenvalue weighted by atomic mass is 10.1. The second kappa shape index (κ2) is 9.54. The zero-order valence-electron chi connectivity index (χ0n) is 16.1. The van der Waals surface area contributed by atoms with Gasteiger partial charge in [-0.15, -0.1) is 0 Å². The Labute approximate surface area is 169 Å². The summed E-state index contributed by atoms with van der Waals surface area (Å²) in [6.07, 6.45) is 2.48. The number of nitrogens with one attached hydrogen (secondary N) is 2. The van der Waals surface area contributed by atoms with Gasteiger partial charge in [0.2, 0.25) is 11.8 Å². The van der Waals surface area contributed by atoms with Gasteiger partial charge >= 0.3 is 0 Å². The van der Waals surface area contributed by atoms with Crippen LogP contribution in [0.5, 0.6) is 5.75 Å². The molecule has 0 spiro atoms. The molecular weight excluding hydrogens is 370 g/mol. The molecule has 0 aromatic heterocycles. The van der Waals surface area contributed by atoms with Gasteiger partial charge in [0.1, 0.15) is 5.75 Å². The molecule has 0 fully saturated rings. The van der Waals surface area contributed by atoms with Crippen LogP contribution in [0.25, 0.3) is 6.08 Å². The zero-order valence-corrected chi connectivity index (χ0v) is 16.1. The molecule has 1 heterocycles. The van der Waals surface area contributed by atoms with E-state index in [4.69, 9.17) is 4.74 Å². The SMILES string of the molecule is CNC(=O)[C@H]1CN(C(=O)CCNC(=O)/C=C/c2ccccc2)c2ccccc2O1. The third kappa shape index (κ3) is 5.22. The molecule has 3 rings (SSSR count). The van der Waals surface area contributed by atoms with Gasteiger partial charge in [0, 0.05) is 26.1 Å². The van der Waals surface area contributed by atoms with Crippen molar-refractivity contribution in [2.45, 2.75) is 12.5 Å². The van der Waals surface area contributed by atoms with Crippen LogP contribution in [0.4, 0.5) is 5.69 Å². The van der Waals surface area contributed by atoms with Crippen LogP contribution < -0.4 is 20.3 Å². The standard InChI is InChI=1S/C22H23N3O4/c1-23-22(28)19-15-25(17-9-5-6-10-18(17)29-19)21(27)13-14-24-20(26)12-11-16-7-3-2-4-8-16/h2-12,19H,13-15H2,1H3,(H,23,28)(H,24,26)/b12-11+/t19-/m1/s1. The summed E-state index contributed by atoms with van der Waals surface area (Å²) in [5, 5.41) is 5.25. The van der Waals surface area contributed by atoms with Crippen molar-refractivity contribution in [2.75, 3.05) is 25.0 Å². The molecule has 0 aliphatic carbocycles. The molecule has 1 atom stereocenters. The molecule has 1 aliphatic heterocycles. The molecule has 2 N–H and O–H groups in total. The van der Waals surface area contributed by atoms with Crippen molar-refractivity contribution in [2.24, 2.45) is 0 Å². The molecule has 2 aromatic rings. The summed E-state index contributed by atoms with van der Waals surface area (Å²) in [6.45, 7) is 0.318. The third-order valence-electron chi connectivity index (χ3n) is 4.48. The van der Waals surface area contributed by atoms with Crippen molar-refractivity contribution in [1.82, 2.24) is 10.6 Å². The maximum absolute atomic E-state index is 12.7. The smallest absolute Gasteiger partial charge is 0.262 e. The number of hydrogen-bond donors (Lipinski definition) is 2. The lowest BCUT2D eigenvalue weighted by Gasteiger charge is -2.34. The Morgan fingerprint density at radius 1 is 1.10 bits per heavy atom. The number of anilines is 1. The summed E-state index contributed by atoms with van der Waals surface area (Å²) in [7, 11) is 1.52. The molecular formula is C22H23N3O4. The van der Waals surface area contributed by atoms with Gasteiger partial charge in [-0.3, -0.25) is 14.4 Å². The van der Waals surface area contributed by atoms with Crippen molar-refractivity contribution in [3.63, 3.8) is 0 Å². The van der Waals surface area contributed by atoms with Gasteiger partial charge in [-0.2, -0.15) is 0 Å². The first-order chi connectivity index (χ1) is 14.1. The Kier molecular flexibility index (Phi) is 6.63. The average Bonchev–Trinajstić information content (AvgIpc) is 2.77. The number of nitrogens with zero attached hydrogens (tertiary/aromatic N) is 1. The van der Waals surface area contributed by atoms with Crippen molar-refractivity contribution < 1.29 is 19.1 Å². The molecule has 2 aromatic carbocycles. The molecule has 0 saturated carbocycles. The Morgan fingerprint density at radius 2 is 1.83 bits per heavy atom. The van der Waals surface area contributed by atoms with Crippen LogP contribution in [0.15, 0.2) is 60.7 Å². The molecule has 0 radical (unpaired) electrons. The molecule has 29 heavy (non-hydrogen) atoms. The molecule has 7 heteroatoms. The predicted octanol–water partition coefficient (Wildman–Crippen LogP) is 1.75. The minimum Gasteiger partial charge on any atom is -0.477 e. The number of para-hydroxylation sites is 2. The zero-order chi connectivity index (χ0) is 20.6. The summed E-state index contributed by atoms with van der Waals surface area (Å²) < 4.78 is 5.70. The van der Waals surface area contributed by atoms with Gasteiger partial charge in [-0.25, -0.2) is 0 Å². The van der Waals surface area contributed by atoms with E-state index in [1.165, 1.54) is 18.0 Å². The first-order valence-electron chi connectivity index (χ1n) is 9.37. The number of fused-ring (bicyclic) bond motifs is 1. The van der Waals surface area contributed by atoms with Gasteiger partial charge < -0.3 is 20.3 Å². The van der Waals surface area contributed by atoms with Crippen LogP contribution in [0, 0.1) is 0 Å². The van der Waals surface area contributed by atoms with E-state index < -0.39 is 6.10 Å². The second-order valence-electron chi connectivity index (χ2n) is 6.48. The van der Waals surface area contributed by atoms with Crippen LogP contribution >= 0.6 is 0 Å². The Morgan fingerprint density at radius 3 is 2.59 bits per heavy atom. The number of carbonyl (C=O) groups is 3. The fraction of sp³-hybridized carbons (Fsp3) is 0.227. The van der Waals surface area contributed by atoms with Crippen LogP contribution in [0.3, 0.4) is 0 Å². The van der Waals surface area contributed by atoms with Gasteiger partial charge in [0.25, 0.3) is 5.91 Å². The monoisotopic (exact) mass is 393 g/mol. The van der Waals surface area contributed by atoms with Crippen LogP contribution in [0.1, 0.15) is 12.0 Å². The van der Waals surface area contributed by atoms with Crippen LogP contribution in [-0.4, -0.2) is 44.0 Å². The number of hydrogen-bond acceptors (Lipinski definition) is 4. The minimum absolute atomic E-state index is 0.111. The summed E-state index contributed by atoms with van der Waals surface area (Å²) in [6, 6.07) is 16.6. The van der Waals surface area contributed by atoms with Crippen LogP contribution in [-0.2, 0) is 14.4 Å². The highest BCUT2D eigenvalue weighted by Gasteiger charge is 2.32. The van der Waals surface area contributed by atoms with Crippen molar-refractivity contribution in [1.29, 1.82) is 0 Å². The van der Waals surface area contributed by atoms with Gasteiger partial charge in [0.05, 0.1) is 12.2 Å². The first kappa shape index (κ1) is 20.1. The van der Waals surface area contributed by atoms with Gasteiger partial charge in [0.15, 0.2) is 6.10 Å². The Hall–Kier alpha value is -3.61. The third-order valence-corrected chi connectivity index (χ3v) is 4.48. The molecule has 1 aliphatic rings. The van der Waals surface area contributed by atoms with E-state index in [0.29, 0.717) is 11.4 Å². The van der Waals surface area contributed by atoms with E-state index in [1.54, 1.807) is 30.3 Å². The number of rotatable bonds is 6. The molecule has 7 nitrogen and oxygen atoms in total. The number of carbonyl (C=O) groups excluding carboxylic acids is 3. The molecule has 150 valence electrons. The minimum atomic E-state index is -0.776. The normalized spacial score (nSPS) is 15.3. The van der Waals surface area contributed by atoms with Crippen LogP contribution in [0.2, 0.25) is 0 Å². The number of benzene rings is 2. The second-order valence-corrected chi connectivity index (χ2v) is 6.48. The predicted molar refractivity (Wildman–Crippen MR) is 110 cm³/mol. The summed E-state index contributed by atoms with van der Waals surface area (Å²) in [4.78, 5) is 38.2. The van der Waals surface area contributed by atoms with Crippen molar-refractivity contribution >= 4 is 29.5 Å². The first-order valence-corrected chi connectivity index (χ1v) is 9.37. The number of amides is 3. The highest BCUT2D eigenvalue weighted by molar-refractivity contribution is 5.98. The summed E-state index contributed by atoms with van der Waals surface area (Å²) in [5.41, 5.74) is 1.54. The average molecular weight is 393 g/mol. The van der Waals surface area contributed by atoms with Crippen molar-refractivity contribution in [3.05, 3.63) is 66.2 Å². The lowest BCUT2D eigenvalue weighted by molar-refractivity contribution is -0.127. The number of ether oxygens (including phenoxy) is 1. The van der Waals surface area contributed by atoms with E-state index in [0.717, 1.165) is 5.56 Å². The Bertz CT molecular complexity index is 911. The molecule has 0 unspecified atom stereocenters. The summed E-state index contributed by atoms with van der Waals surface area (Å²) >= 11 is 0. The molecule has 3 amide bonds. The fourth-order valence-electron chi connectivity index (χ4n) is 2.99. The van der Waals surface area contributed by atoms with E-state index in [2.05, 4.69) is 10.6 Å². The van der Waals surface area contributed by atoms with Gasteiger partial charge in [-0.05, 0) is 23.8 Å². The topological polar surface area (TPSA) is 87.7 Å². The fourth-order valence-corrected chi connectivity index (χ4v) is 2.99. The summed E-state index contributed by atoms with van der Waals surface area (Å²) in [5.74, 6) is -0.276. The molecule has 0 saturated heterocycles. The largest absolute Gasteiger partial charge is 0.477 e. The lowest BCUT2D eigenvalue weighted by Crippen LogP contribution is -2.50. The van der Waals surface area contributed by atoms with Gasteiger partial charge in [-0.1, -0.05) is 42.5 Å². The Balaban J connectivity index is 1.57.